The number of cyclic esters (lactones) is 1. The van der Waals surface area contributed by atoms with Crippen molar-refractivity contribution in [2.45, 2.75) is 6.10 Å². The molecule has 0 unspecified atom stereocenters. The van der Waals surface area contributed by atoms with Gasteiger partial charge in [0.1, 0.15) is 11.9 Å². The van der Waals surface area contributed by atoms with E-state index >= 15 is 0 Å². The number of amides is 3. The minimum atomic E-state index is -0.414. The van der Waals surface area contributed by atoms with Gasteiger partial charge in [-0.25, -0.2) is 9.59 Å². The first kappa shape index (κ1) is 16.6. The SMILES string of the molecule is COc1ccccc1NC(=O)NC[C@@H]1CN(c2ccccc2)C(=O)O1. The van der Waals surface area contributed by atoms with Gasteiger partial charge in [-0.05, 0) is 24.3 Å². The Kier molecular flexibility index (Phi) is 5.03. The average Bonchev–Trinajstić information content (AvgIpc) is 3.02. The maximum Gasteiger partial charge on any atom is 0.414 e. The van der Waals surface area contributed by atoms with Crippen LogP contribution in [0.2, 0.25) is 0 Å². The standard InChI is InChI=1S/C18H19N3O4/c1-24-16-10-6-5-9-15(16)20-17(22)19-11-14-12-21(18(23)25-14)13-7-3-2-4-8-13/h2-10,14H,11-12H2,1H3,(H2,19,20,22)/t14-/m1/s1. The number of ether oxygens (including phenoxy) is 2. The molecule has 2 aromatic rings. The molecule has 0 bridgehead atoms. The third-order valence-corrected chi connectivity index (χ3v) is 3.79. The molecule has 0 saturated carbocycles. The van der Waals surface area contributed by atoms with E-state index in [0.29, 0.717) is 18.0 Å². The van der Waals surface area contributed by atoms with Crippen molar-refractivity contribution < 1.29 is 19.1 Å². The number of urea groups is 1. The van der Waals surface area contributed by atoms with Gasteiger partial charge in [-0.1, -0.05) is 30.3 Å². The summed E-state index contributed by atoms with van der Waals surface area (Å²) < 4.78 is 10.5. The monoisotopic (exact) mass is 341 g/mol. The van der Waals surface area contributed by atoms with E-state index < -0.39 is 18.2 Å². The summed E-state index contributed by atoms with van der Waals surface area (Å²) >= 11 is 0. The second kappa shape index (κ2) is 7.57. The molecule has 3 rings (SSSR count). The van der Waals surface area contributed by atoms with Crippen molar-refractivity contribution in [3.8, 4) is 5.75 Å². The summed E-state index contributed by atoms with van der Waals surface area (Å²) in [4.78, 5) is 25.5. The first-order valence-electron chi connectivity index (χ1n) is 7.88. The zero-order chi connectivity index (χ0) is 17.6. The zero-order valence-corrected chi connectivity index (χ0v) is 13.8. The summed E-state index contributed by atoms with van der Waals surface area (Å²) in [5.74, 6) is 0.570. The van der Waals surface area contributed by atoms with E-state index in [0.717, 1.165) is 5.69 Å². The largest absolute Gasteiger partial charge is 0.495 e. The van der Waals surface area contributed by atoms with Gasteiger partial charge < -0.3 is 20.1 Å². The molecule has 2 aromatic carbocycles. The van der Waals surface area contributed by atoms with E-state index in [4.69, 9.17) is 9.47 Å². The maximum atomic E-state index is 12.0. The van der Waals surface area contributed by atoms with Crippen LogP contribution in [0.1, 0.15) is 0 Å². The molecule has 0 radical (unpaired) electrons. The third kappa shape index (κ3) is 4.00. The van der Waals surface area contributed by atoms with Gasteiger partial charge in [-0.2, -0.15) is 0 Å². The van der Waals surface area contributed by atoms with Crippen LogP contribution in [0, 0.1) is 0 Å². The molecule has 1 fully saturated rings. The molecular formula is C18H19N3O4. The topological polar surface area (TPSA) is 79.9 Å². The number of nitrogens with one attached hydrogen (secondary N) is 2. The highest BCUT2D eigenvalue weighted by Gasteiger charge is 2.32. The summed E-state index contributed by atoms with van der Waals surface area (Å²) in [6.45, 7) is 0.605. The number of hydrogen-bond acceptors (Lipinski definition) is 4. The number of carbonyl (C=O) groups is 2. The summed E-state index contributed by atoms with van der Waals surface area (Å²) in [6, 6.07) is 16.0. The smallest absolute Gasteiger partial charge is 0.414 e. The summed E-state index contributed by atoms with van der Waals surface area (Å²) in [5.41, 5.74) is 1.34. The van der Waals surface area contributed by atoms with E-state index in [9.17, 15) is 9.59 Å². The summed E-state index contributed by atoms with van der Waals surface area (Å²) in [7, 11) is 1.54. The van der Waals surface area contributed by atoms with Crippen LogP contribution >= 0.6 is 0 Å². The molecule has 7 heteroatoms. The Labute approximate surface area is 145 Å². The van der Waals surface area contributed by atoms with E-state index in [1.54, 1.807) is 23.1 Å². The van der Waals surface area contributed by atoms with E-state index in [-0.39, 0.29) is 6.54 Å². The Morgan fingerprint density at radius 1 is 1.20 bits per heavy atom. The number of carbonyl (C=O) groups excluding carboxylic acids is 2. The first-order valence-corrected chi connectivity index (χ1v) is 7.88. The lowest BCUT2D eigenvalue weighted by Crippen LogP contribution is -2.37. The lowest BCUT2D eigenvalue weighted by atomic mass is 10.2. The van der Waals surface area contributed by atoms with Crippen molar-refractivity contribution in [3.63, 3.8) is 0 Å². The van der Waals surface area contributed by atoms with Crippen LogP contribution in [0.25, 0.3) is 0 Å². The minimum Gasteiger partial charge on any atom is -0.495 e. The van der Waals surface area contributed by atoms with Crippen molar-refractivity contribution in [1.29, 1.82) is 0 Å². The van der Waals surface area contributed by atoms with Gasteiger partial charge in [0.2, 0.25) is 0 Å². The molecule has 1 aliphatic heterocycles. The molecule has 25 heavy (non-hydrogen) atoms. The van der Waals surface area contributed by atoms with Gasteiger partial charge in [0.25, 0.3) is 0 Å². The number of benzene rings is 2. The molecule has 0 aromatic heterocycles. The van der Waals surface area contributed by atoms with Crippen LogP contribution < -0.4 is 20.3 Å². The lowest BCUT2D eigenvalue weighted by Gasteiger charge is -2.13. The Bertz CT molecular complexity index is 751. The molecular weight excluding hydrogens is 322 g/mol. The molecule has 130 valence electrons. The van der Waals surface area contributed by atoms with Gasteiger partial charge in [0.05, 0.1) is 25.9 Å². The molecule has 0 aliphatic carbocycles. The number of nitrogens with zero attached hydrogens (tertiary/aromatic N) is 1. The number of para-hydroxylation sites is 3. The number of rotatable bonds is 5. The highest BCUT2D eigenvalue weighted by atomic mass is 16.6. The van der Waals surface area contributed by atoms with Gasteiger partial charge >= 0.3 is 12.1 Å². The molecule has 0 spiro atoms. The van der Waals surface area contributed by atoms with Crippen LogP contribution in [0.15, 0.2) is 54.6 Å². The van der Waals surface area contributed by atoms with Gasteiger partial charge in [0, 0.05) is 5.69 Å². The van der Waals surface area contributed by atoms with Crippen LogP contribution in [0.4, 0.5) is 21.0 Å². The quantitative estimate of drug-likeness (QED) is 0.876. The van der Waals surface area contributed by atoms with Crippen LogP contribution in [0.5, 0.6) is 5.75 Å². The van der Waals surface area contributed by atoms with E-state index in [2.05, 4.69) is 10.6 Å². The Morgan fingerprint density at radius 2 is 1.92 bits per heavy atom. The second-order valence-corrected chi connectivity index (χ2v) is 5.49. The Balaban J connectivity index is 1.52. The summed E-state index contributed by atoms with van der Waals surface area (Å²) in [6.07, 6.45) is -0.820. The van der Waals surface area contributed by atoms with Crippen LogP contribution in [-0.4, -0.2) is 38.4 Å². The highest BCUT2D eigenvalue weighted by Crippen LogP contribution is 2.23. The molecule has 2 N–H and O–H groups in total. The molecule has 1 heterocycles. The van der Waals surface area contributed by atoms with Gasteiger partial charge in [-0.3, -0.25) is 4.90 Å². The predicted octanol–water partition coefficient (Wildman–Crippen LogP) is 2.84. The number of hydrogen-bond donors (Lipinski definition) is 2. The lowest BCUT2D eigenvalue weighted by molar-refractivity contribution is 0.141. The number of methoxy groups -OCH3 is 1. The maximum absolute atomic E-state index is 12.0. The van der Waals surface area contributed by atoms with Crippen molar-refractivity contribution in [3.05, 3.63) is 54.6 Å². The Morgan fingerprint density at radius 3 is 2.68 bits per heavy atom. The van der Waals surface area contributed by atoms with Crippen LogP contribution in [0.3, 0.4) is 0 Å². The van der Waals surface area contributed by atoms with Crippen molar-refractivity contribution >= 4 is 23.5 Å². The molecule has 7 nitrogen and oxygen atoms in total. The fourth-order valence-electron chi connectivity index (χ4n) is 2.57. The predicted molar refractivity (Wildman–Crippen MR) is 94.1 cm³/mol. The second-order valence-electron chi connectivity index (χ2n) is 5.49. The first-order chi connectivity index (χ1) is 12.2. The normalized spacial score (nSPS) is 16.3. The fraction of sp³-hybridized carbons (Fsp3) is 0.222. The minimum absolute atomic E-state index is 0.218. The van der Waals surface area contributed by atoms with E-state index in [1.165, 1.54) is 7.11 Å². The van der Waals surface area contributed by atoms with Crippen molar-refractivity contribution in [1.82, 2.24) is 5.32 Å². The molecule has 3 amide bonds. The van der Waals surface area contributed by atoms with Crippen LogP contribution in [-0.2, 0) is 4.74 Å². The van der Waals surface area contributed by atoms with Gasteiger partial charge in [-0.15, -0.1) is 0 Å². The third-order valence-electron chi connectivity index (χ3n) is 3.79. The molecule has 1 atom stereocenters. The zero-order valence-electron chi connectivity index (χ0n) is 13.8. The molecule has 1 aliphatic rings. The fourth-order valence-corrected chi connectivity index (χ4v) is 2.57. The average molecular weight is 341 g/mol. The van der Waals surface area contributed by atoms with Crippen molar-refractivity contribution in [2.24, 2.45) is 0 Å². The van der Waals surface area contributed by atoms with E-state index in [1.807, 2.05) is 36.4 Å². The van der Waals surface area contributed by atoms with Gasteiger partial charge in [0.15, 0.2) is 0 Å². The summed E-state index contributed by atoms with van der Waals surface area (Å²) in [5, 5.41) is 5.42. The molecule has 1 saturated heterocycles. The highest BCUT2D eigenvalue weighted by molar-refractivity contribution is 5.91. The Hall–Kier alpha value is -3.22. The number of anilines is 2. The van der Waals surface area contributed by atoms with Crippen molar-refractivity contribution in [2.75, 3.05) is 30.4 Å².